The molecule has 1 saturated heterocycles. The van der Waals surface area contributed by atoms with Gasteiger partial charge in [-0.15, -0.1) is 0 Å². The fourth-order valence-electron chi connectivity index (χ4n) is 1.59. The molecule has 86 valence electrons. The smallest absolute Gasteiger partial charge is 0.322 e. The largest absolute Gasteiger partial charge is 0.480 e. The number of carbonyl (C=O) groups excluding carboxylic acids is 1. The zero-order valence-electron chi connectivity index (χ0n) is 9.19. The van der Waals surface area contributed by atoms with Gasteiger partial charge in [0.25, 0.3) is 0 Å². The molecular weight excluding hydrogens is 196 g/mol. The van der Waals surface area contributed by atoms with Crippen LogP contribution in [0.15, 0.2) is 0 Å². The van der Waals surface area contributed by atoms with Crippen LogP contribution in [0.25, 0.3) is 0 Å². The molecule has 1 aliphatic rings. The van der Waals surface area contributed by atoms with E-state index >= 15 is 0 Å². The van der Waals surface area contributed by atoms with Gasteiger partial charge in [-0.05, 0) is 18.9 Å². The number of carboxylic acid groups (broad SMARTS) is 1. The summed E-state index contributed by atoms with van der Waals surface area (Å²) in [5.41, 5.74) is 0. The lowest BCUT2D eigenvalue weighted by molar-refractivity contribution is -0.146. The SMILES string of the molecule is CC(C)CCN1CC(=O)NCC1C(=O)O. The number of nitrogens with one attached hydrogen (secondary N) is 1. The van der Waals surface area contributed by atoms with Crippen molar-refractivity contribution in [3.05, 3.63) is 0 Å². The number of hydrogen-bond donors (Lipinski definition) is 2. The Morgan fingerprint density at radius 1 is 1.67 bits per heavy atom. The average molecular weight is 214 g/mol. The van der Waals surface area contributed by atoms with E-state index in [-0.39, 0.29) is 19.0 Å². The molecule has 1 atom stereocenters. The van der Waals surface area contributed by atoms with Crippen molar-refractivity contribution in [2.24, 2.45) is 5.92 Å². The van der Waals surface area contributed by atoms with Crippen LogP contribution in [-0.2, 0) is 9.59 Å². The first-order valence-corrected chi connectivity index (χ1v) is 5.24. The molecule has 5 nitrogen and oxygen atoms in total. The van der Waals surface area contributed by atoms with Crippen molar-refractivity contribution in [1.82, 2.24) is 10.2 Å². The zero-order valence-corrected chi connectivity index (χ0v) is 9.19. The Kier molecular flexibility index (Phi) is 4.08. The molecule has 1 amide bonds. The van der Waals surface area contributed by atoms with Crippen molar-refractivity contribution in [2.45, 2.75) is 26.3 Å². The van der Waals surface area contributed by atoms with E-state index in [4.69, 9.17) is 5.11 Å². The van der Waals surface area contributed by atoms with Crippen LogP contribution in [0.2, 0.25) is 0 Å². The second kappa shape index (κ2) is 5.11. The lowest BCUT2D eigenvalue weighted by Gasteiger charge is -2.32. The number of nitrogens with zero attached hydrogens (tertiary/aromatic N) is 1. The van der Waals surface area contributed by atoms with Gasteiger partial charge in [-0.2, -0.15) is 0 Å². The van der Waals surface area contributed by atoms with Crippen molar-refractivity contribution in [2.75, 3.05) is 19.6 Å². The molecule has 0 aromatic carbocycles. The maximum atomic E-state index is 11.1. The van der Waals surface area contributed by atoms with Crippen LogP contribution in [0, 0.1) is 5.92 Å². The van der Waals surface area contributed by atoms with Gasteiger partial charge in [-0.1, -0.05) is 13.8 Å². The summed E-state index contributed by atoms with van der Waals surface area (Å²) in [4.78, 5) is 23.8. The lowest BCUT2D eigenvalue weighted by Crippen LogP contribution is -2.57. The van der Waals surface area contributed by atoms with Crippen LogP contribution in [0.4, 0.5) is 0 Å². The average Bonchev–Trinajstić information content (AvgIpc) is 2.14. The van der Waals surface area contributed by atoms with Crippen LogP contribution in [0.3, 0.4) is 0 Å². The molecule has 5 heteroatoms. The second-order valence-corrected chi connectivity index (χ2v) is 4.31. The summed E-state index contributed by atoms with van der Waals surface area (Å²) in [7, 11) is 0. The number of rotatable bonds is 4. The number of carbonyl (C=O) groups is 2. The summed E-state index contributed by atoms with van der Waals surface area (Å²) in [5.74, 6) is -0.431. The van der Waals surface area contributed by atoms with Gasteiger partial charge in [0.1, 0.15) is 6.04 Å². The molecule has 2 N–H and O–H groups in total. The van der Waals surface area contributed by atoms with Gasteiger partial charge in [0.15, 0.2) is 0 Å². The normalized spacial score (nSPS) is 22.9. The summed E-state index contributed by atoms with van der Waals surface area (Å²) in [6.45, 7) is 5.25. The molecule has 0 spiro atoms. The van der Waals surface area contributed by atoms with Crippen LogP contribution in [0.1, 0.15) is 20.3 Å². The van der Waals surface area contributed by atoms with Crippen LogP contribution in [-0.4, -0.2) is 47.6 Å². The van der Waals surface area contributed by atoms with Gasteiger partial charge >= 0.3 is 5.97 Å². The molecule has 0 aromatic rings. The lowest BCUT2D eigenvalue weighted by atomic mass is 10.1. The van der Waals surface area contributed by atoms with Crippen molar-refractivity contribution in [3.63, 3.8) is 0 Å². The highest BCUT2D eigenvalue weighted by Crippen LogP contribution is 2.08. The van der Waals surface area contributed by atoms with Crippen molar-refractivity contribution >= 4 is 11.9 Å². The Labute approximate surface area is 89.4 Å². The Balaban J connectivity index is 2.54. The number of aliphatic carboxylic acids is 1. The summed E-state index contributed by atoms with van der Waals surface area (Å²) in [6, 6.07) is -0.568. The Hall–Kier alpha value is -1.10. The van der Waals surface area contributed by atoms with E-state index in [1.165, 1.54) is 0 Å². The quantitative estimate of drug-likeness (QED) is 0.686. The van der Waals surface area contributed by atoms with Gasteiger partial charge in [0.05, 0.1) is 6.54 Å². The van der Waals surface area contributed by atoms with Gasteiger partial charge in [-0.25, -0.2) is 0 Å². The summed E-state index contributed by atoms with van der Waals surface area (Å²) >= 11 is 0. The molecule has 0 aromatic heterocycles. The highest BCUT2D eigenvalue weighted by atomic mass is 16.4. The highest BCUT2D eigenvalue weighted by molar-refractivity contribution is 5.83. The first-order chi connectivity index (χ1) is 7.00. The van der Waals surface area contributed by atoms with E-state index < -0.39 is 12.0 Å². The predicted molar refractivity (Wildman–Crippen MR) is 55.5 cm³/mol. The topological polar surface area (TPSA) is 69.6 Å². The van der Waals surface area contributed by atoms with Crippen molar-refractivity contribution < 1.29 is 14.7 Å². The van der Waals surface area contributed by atoms with Gasteiger partial charge in [-0.3, -0.25) is 14.5 Å². The summed E-state index contributed by atoms with van der Waals surface area (Å²) < 4.78 is 0. The van der Waals surface area contributed by atoms with E-state index in [0.717, 1.165) is 6.42 Å². The van der Waals surface area contributed by atoms with Crippen LogP contribution >= 0.6 is 0 Å². The number of piperazine rings is 1. The Morgan fingerprint density at radius 2 is 2.33 bits per heavy atom. The number of carboxylic acids is 1. The van der Waals surface area contributed by atoms with Gasteiger partial charge < -0.3 is 10.4 Å². The highest BCUT2D eigenvalue weighted by Gasteiger charge is 2.31. The van der Waals surface area contributed by atoms with E-state index in [9.17, 15) is 9.59 Å². The summed E-state index contributed by atoms with van der Waals surface area (Å²) in [5, 5.41) is 11.5. The van der Waals surface area contributed by atoms with Crippen LogP contribution < -0.4 is 5.32 Å². The van der Waals surface area contributed by atoms with Crippen molar-refractivity contribution in [1.29, 1.82) is 0 Å². The molecule has 1 fully saturated rings. The minimum atomic E-state index is -0.862. The standard InChI is InChI=1S/C10H18N2O3/c1-7(2)3-4-12-6-9(13)11-5-8(12)10(14)15/h7-8H,3-6H2,1-2H3,(H,11,13)(H,14,15). The van der Waals surface area contributed by atoms with E-state index in [0.29, 0.717) is 12.5 Å². The molecular formula is C10H18N2O3. The first-order valence-electron chi connectivity index (χ1n) is 5.24. The summed E-state index contributed by atoms with van der Waals surface area (Å²) in [6.07, 6.45) is 0.914. The first kappa shape index (κ1) is 12.0. The zero-order chi connectivity index (χ0) is 11.4. The number of hydrogen-bond acceptors (Lipinski definition) is 3. The van der Waals surface area contributed by atoms with E-state index in [1.807, 2.05) is 0 Å². The molecule has 15 heavy (non-hydrogen) atoms. The minimum absolute atomic E-state index is 0.0868. The maximum Gasteiger partial charge on any atom is 0.322 e. The van der Waals surface area contributed by atoms with Crippen molar-refractivity contribution in [3.8, 4) is 0 Å². The van der Waals surface area contributed by atoms with Gasteiger partial charge in [0, 0.05) is 6.54 Å². The number of amides is 1. The third kappa shape index (κ3) is 3.51. The molecule has 1 aliphatic heterocycles. The molecule has 1 rings (SSSR count). The second-order valence-electron chi connectivity index (χ2n) is 4.31. The van der Waals surface area contributed by atoms with E-state index in [1.54, 1.807) is 4.90 Å². The predicted octanol–water partition coefficient (Wildman–Crippen LogP) is -0.0825. The molecule has 0 radical (unpaired) electrons. The fourth-order valence-corrected chi connectivity index (χ4v) is 1.59. The maximum absolute atomic E-state index is 11.1. The van der Waals surface area contributed by atoms with Crippen LogP contribution in [0.5, 0.6) is 0 Å². The monoisotopic (exact) mass is 214 g/mol. The molecule has 0 saturated carbocycles. The minimum Gasteiger partial charge on any atom is -0.480 e. The molecule has 1 unspecified atom stereocenters. The van der Waals surface area contributed by atoms with Gasteiger partial charge in [0.2, 0.25) is 5.91 Å². The third-order valence-corrected chi connectivity index (χ3v) is 2.56. The Morgan fingerprint density at radius 3 is 2.87 bits per heavy atom. The fraction of sp³-hybridized carbons (Fsp3) is 0.800. The molecule has 0 aliphatic carbocycles. The van der Waals surface area contributed by atoms with E-state index in [2.05, 4.69) is 19.2 Å². The molecule has 1 heterocycles. The Bertz CT molecular complexity index is 253. The third-order valence-electron chi connectivity index (χ3n) is 2.56. The molecule has 0 bridgehead atoms.